The van der Waals surface area contributed by atoms with Gasteiger partial charge in [0.25, 0.3) is 0 Å². The van der Waals surface area contributed by atoms with E-state index in [0.717, 1.165) is 43.7 Å². The highest BCUT2D eigenvalue weighted by Gasteiger charge is 2.25. The number of piperidine rings is 1. The quantitative estimate of drug-likeness (QED) is 0.694. The van der Waals surface area contributed by atoms with Crippen LogP contribution in [-0.2, 0) is 6.54 Å². The Hall–Kier alpha value is -1.94. The van der Waals surface area contributed by atoms with Crippen LogP contribution in [0.1, 0.15) is 25.3 Å². The van der Waals surface area contributed by atoms with Crippen LogP contribution in [-0.4, -0.2) is 33.9 Å². The lowest BCUT2D eigenvalue weighted by Crippen LogP contribution is -2.40. The van der Waals surface area contributed by atoms with Crippen molar-refractivity contribution < 1.29 is 5.21 Å². The Kier molecular flexibility index (Phi) is 4.15. The lowest BCUT2D eigenvalue weighted by atomic mass is 9.93. The van der Waals surface area contributed by atoms with Gasteiger partial charge in [-0.15, -0.1) is 0 Å². The molecule has 1 aliphatic heterocycles. The largest absolute Gasteiger partial charge is 0.411 e. The summed E-state index contributed by atoms with van der Waals surface area (Å²) < 4.78 is 0. The summed E-state index contributed by atoms with van der Waals surface area (Å²) in [5.74, 6) is 0.367. The van der Waals surface area contributed by atoms with Gasteiger partial charge in [0.05, 0.1) is 11.2 Å². The third kappa shape index (κ3) is 2.90. The predicted octanol–water partition coefficient (Wildman–Crippen LogP) is 3.30. The van der Waals surface area contributed by atoms with Crippen molar-refractivity contribution in [3.8, 4) is 0 Å². The predicted molar refractivity (Wildman–Crippen MR) is 84.6 cm³/mol. The van der Waals surface area contributed by atoms with Crippen LogP contribution in [0, 0.1) is 5.92 Å². The molecular formula is C17H21N3O. The molecule has 1 atom stereocenters. The Labute approximate surface area is 125 Å². The van der Waals surface area contributed by atoms with Crippen LogP contribution in [0.3, 0.4) is 0 Å². The summed E-state index contributed by atoms with van der Waals surface area (Å²) in [5, 5.41) is 13.7. The Balaban J connectivity index is 1.80. The SMILES string of the molecule is CCC1CN(Cc2cccc3cccnc23)CC/C1=N\O. The molecular weight excluding hydrogens is 262 g/mol. The first kappa shape index (κ1) is 14.0. The zero-order chi connectivity index (χ0) is 14.7. The summed E-state index contributed by atoms with van der Waals surface area (Å²) >= 11 is 0. The fraction of sp³-hybridized carbons (Fsp3) is 0.412. The van der Waals surface area contributed by atoms with Gasteiger partial charge in [-0.05, 0) is 18.1 Å². The third-order valence-electron chi connectivity index (χ3n) is 4.37. The van der Waals surface area contributed by atoms with E-state index in [1.54, 1.807) is 0 Å². The molecule has 1 fully saturated rings. The first-order chi connectivity index (χ1) is 10.3. The minimum absolute atomic E-state index is 0.367. The van der Waals surface area contributed by atoms with Crippen LogP contribution < -0.4 is 0 Å². The average Bonchev–Trinajstić information content (AvgIpc) is 2.55. The van der Waals surface area contributed by atoms with Gasteiger partial charge in [0.1, 0.15) is 0 Å². The summed E-state index contributed by atoms with van der Waals surface area (Å²) in [6.45, 7) is 4.96. The van der Waals surface area contributed by atoms with Crippen LogP contribution in [0.2, 0.25) is 0 Å². The van der Waals surface area contributed by atoms with Gasteiger partial charge in [-0.1, -0.05) is 36.3 Å². The number of pyridine rings is 1. The van der Waals surface area contributed by atoms with Crippen LogP contribution in [0.5, 0.6) is 0 Å². The molecule has 0 saturated carbocycles. The Morgan fingerprint density at radius 3 is 3.00 bits per heavy atom. The van der Waals surface area contributed by atoms with Crippen LogP contribution in [0.4, 0.5) is 0 Å². The van der Waals surface area contributed by atoms with E-state index in [-0.39, 0.29) is 0 Å². The summed E-state index contributed by atoms with van der Waals surface area (Å²) in [6, 6.07) is 10.4. The zero-order valence-corrected chi connectivity index (χ0v) is 12.4. The van der Waals surface area contributed by atoms with Crippen LogP contribution in [0.15, 0.2) is 41.7 Å². The molecule has 0 aliphatic carbocycles. The molecule has 1 aromatic heterocycles. The minimum Gasteiger partial charge on any atom is -0.411 e. The molecule has 1 saturated heterocycles. The molecule has 0 amide bonds. The number of hydrogen-bond donors (Lipinski definition) is 1. The summed E-state index contributed by atoms with van der Waals surface area (Å²) in [4.78, 5) is 6.96. The van der Waals surface area contributed by atoms with Gasteiger partial charge in [0.15, 0.2) is 0 Å². The minimum atomic E-state index is 0.367. The van der Waals surface area contributed by atoms with Gasteiger partial charge >= 0.3 is 0 Å². The second-order valence-electron chi connectivity index (χ2n) is 5.67. The fourth-order valence-corrected chi connectivity index (χ4v) is 3.16. The van der Waals surface area contributed by atoms with Crippen molar-refractivity contribution in [2.45, 2.75) is 26.3 Å². The molecule has 1 aromatic carbocycles. The molecule has 2 aromatic rings. The molecule has 0 radical (unpaired) electrons. The first-order valence-corrected chi connectivity index (χ1v) is 7.57. The second-order valence-corrected chi connectivity index (χ2v) is 5.67. The molecule has 0 bridgehead atoms. The standard InChI is InChI=1S/C17H21N3O/c1-2-13-11-20(10-8-16(13)19-21)12-15-6-3-5-14-7-4-9-18-17(14)15/h3-7,9,13,21H,2,8,10-12H2,1H3/b19-16+. The molecule has 110 valence electrons. The maximum Gasteiger partial charge on any atom is 0.0746 e. The number of fused-ring (bicyclic) bond motifs is 1. The number of hydrogen-bond acceptors (Lipinski definition) is 4. The molecule has 3 rings (SSSR count). The van der Waals surface area contributed by atoms with E-state index < -0.39 is 0 Å². The monoisotopic (exact) mass is 283 g/mol. The van der Waals surface area contributed by atoms with Crippen molar-refractivity contribution in [3.05, 3.63) is 42.1 Å². The van der Waals surface area contributed by atoms with Crippen molar-refractivity contribution in [1.82, 2.24) is 9.88 Å². The topological polar surface area (TPSA) is 48.7 Å². The summed E-state index contributed by atoms with van der Waals surface area (Å²) in [7, 11) is 0. The Morgan fingerprint density at radius 1 is 1.33 bits per heavy atom. The number of benzene rings is 1. The Morgan fingerprint density at radius 2 is 2.19 bits per heavy atom. The summed E-state index contributed by atoms with van der Waals surface area (Å²) in [5.41, 5.74) is 3.31. The van der Waals surface area contributed by atoms with Crippen molar-refractivity contribution in [1.29, 1.82) is 0 Å². The van der Waals surface area contributed by atoms with E-state index in [1.165, 1.54) is 10.9 Å². The number of rotatable bonds is 3. The van der Waals surface area contributed by atoms with E-state index in [1.807, 2.05) is 12.3 Å². The number of likely N-dealkylation sites (tertiary alicyclic amines) is 1. The number of nitrogens with zero attached hydrogens (tertiary/aromatic N) is 3. The van der Waals surface area contributed by atoms with Crippen LogP contribution in [0.25, 0.3) is 10.9 Å². The first-order valence-electron chi connectivity index (χ1n) is 7.57. The number of aromatic nitrogens is 1. The molecule has 1 N–H and O–H groups in total. The molecule has 4 heteroatoms. The van der Waals surface area contributed by atoms with E-state index >= 15 is 0 Å². The van der Waals surface area contributed by atoms with Crippen molar-refractivity contribution >= 4 is 16.6 Å². The Bertz CT molecular complexity index is 648. The third-order valence-corrected chi connectivity index (χ3v) is 4.37. The molecule has 4 nitrogen and oxygen atoms in total. The lowest BCUT2D eigenvalue weighted by molar-refractivity contribution is 0.221. The van der Waals surface area contributed by atoms with Crippen LogP contribution >= 0.6 is 0 Å². The fourth-order valence-electron chi connectivity index (χ4n) is 3.16. The van der Waals surface area contributed by atoms with E-state index in [0.29, 0.717) is 5.92 Å². The molecule has 1 aliphatic rings. The smallest absolute Gasteiger partial charge is 0.0746 e. The van der Waals surface area contributed by atoms with Gasteiger partial charge in [-0.2, -0.15) is 0 Å². The second kappa shape index (κ2) is 6.22. The molecule has 21 heavy (non-hydrogen) atoms. The highest BCUT2D eigenvalue weighted by molar-refractivity contribution is 5.87. The van der Waals surface area contributed by atoms with E-state index in [9.17, 15) is 0 Å². The normalized spacial score (nSPS) is 22.0. The van der Waals surface area contributed by atoms with E-state index in [4.69, 9.17) is 5.21 Å². The zero-order valence-electron chi connectivity index (χ0n) is 12.4. The van der Waals surface area contributed by atoms with Gasteiger partial charge in [0, 0.05) is 43.6 Å². The van der Waals surface area contributed by atoms with Gasteiger partial charge in [0.2, 0.25) is 0 Å². The van der Waals surface area contributed by atoms with Gasteiger partial charge in [-0.25, -0.2) is 0 Å². The highest BCUT2D eigenvalue weighted by Crippen LogP contribution is 2.22. The van der Waals surface area contributed by atoms with Crippen molar-refractivity contribution in [2.24, 2.45) is 11.1 Å². The lowest BCUT2D eigenvalue weighted by Gasteiger charge is -2.32. The number of para-hydroxylation sites is 1. The maximum absolute atomic E-state index is 9.07. The average molecular weight is 283 g/mol. The van der Waals surface area contributed by atoms with Crippen molar-refractivity contribution in [2.75, 3.05) is 13.1 Å². The van der Waals surface area contributed by atoms with Gasteiger partial charge in [-0.3, -0.25) is 9.88 Å². The highest BCUT2D eigenvalue weighted by atomic mass is 16.4. The molecule has 0 spiro atoms. The maximum atomic E-state index is 9.07. The number of oxime groups is 1. The summed E-state index contributed by atoms with van der Waals surface area (Å²) in [6.07, 6.45) is 3.73. The van der Waals surface area contributed by atoms with Crippen molar-refractivity contribution in [3.63, 3.8) is 0 Å². The molecule has 2 heterocycles. The van der Waals surface area contributed by atoms with E-state index in [2.05, 4.69) is 46.2 Å². The molecule has 1 unspecified atom stereocenters. The van der Waals surface area contributed by atoms with Gasteiger partial charge < -0.3 is 5.21 Å².